The Bertz CT molecular complexity index is 966. The Hall–Kier alpha value is -2.76. The van der Waals surface area contributed by atoms with Gasteiger partial charge in [-0.3, -0.25) is 4.79 Å². The van der Waals surface area contributed by atoms with Crippen LogP contribution in [0.15, 0.2) is 64.1 Å². The predicted octanol–water partition coefficient (Wildman–Crippen LogP) is 5.12. The molecule has 0 saturated heterocycles. The summed E-state index contributed by atoms with van der Waals surface area (Å²) in [6.07, 6.45) is 1.42. The number of hydrogen-bond donors (Lipinski definition) is 2. The third kappa shape index (κ3) is 5.36. The average molecular weight is 402 g/mol. The molecular formula is C20H17Cl2N3O2. The number of hydrazone groups is 1. The van der Waals surface area contributed by atoms with Gasteiger partial charge >= 0.3 is 0 Å². The molecule has 5 nitrogen and oxygen atoms in total. The number of rotatable bonds is 6. The number of anilines is 1. The second-order valence-corrected chi connectivity index (χ2v) is 6.68. The topological polar surface area (TPSA) is 66.6 Å². The van der Waals surface area contributed by atoms with Crippen LogP contribution in [-0.4, -0.2) is 18.7 Å². The van der Waals surface area contributed by atoms with E-state index in [4.69, 9.17) is 27.6 Å². The molecule has 0 atom stereocenters. The number of nitrogens with one attached hydrogen (secondary N) is 2. The average Bonchev–Trinajstić information content (AvgIpc) is 3.12. The van der Waals surface area contributed by atoms with E-state index >= 15 is 0 Å². The highest BCUT2D eigenvalue weighted by molar-refractivity contribution is 6.35. The summed E-state index contributed by atoms with van der Waals surface area (Å²) >= 11 is 12.2. The highest BCUT2D eigenvalue weighted by Gasteiger charge is 2.09. The van der Waals surface area contributed by atoms with Gasteiger partial charge in [0, 0.05) is 16.3 Å². The molecule has 1 heterocycles. The quantitative estimate of drug-likeness (QED) is 0.444. The Morgan fingerprint density at radius 3 is 2.67 bits per heavy atom. The van der Waals surface area contributed by atoms with E-state index in [-0.39, 0.29) is 12.5 Å². The van der Waals surface area contributed by atoms with Crippen LogP contribution in [0.4, 0.5) is 5.69 Å². The van der Waals surface area contributed by atoms with Crippen LogP contribution in [0, 0.1) is 6.92 Å². The van der Waals surface area contributed by atoms with Crippen LogP contribution in [0.3, 0.4) is 0 Å². The van der Waals surface area contributed by atoms with Crippen LogP contribution in [0.2, 0.25) is 10.0 Å². The van der Waals surface area contributed by atoms with Crippen molar-refractivity contribution in [3.8, 4) is 11.3 Å². The number of amides is 1. The summed E-state index contributed by atoms with van der Waals surface area (Å²) < 4.78 is 5.67. The minimum Gasteiger partial charge on any atom is -0.455 e. The number of aryl methyl sites for hydroxylation is 1. The van der Waals surface area contributed by atoms with Gasteiger partial charge in [-0.2, -0.15) is 5.10 Å². The van der Waals surface area contributed by atoms with Crippen molar-refractivity contribution in [2.45, 2.75) is 6.92 Å². The first-order chi connectivity index (χ1) is 13.0. The first kappa shape index (κ1) is 19.0. The summed E-state index contributed by atoms with van der Waals surface area (Å²) in [6, 6.07) is 16.4. The highest BCUT2D eigenvalue weighted by Crippen LogP contribution is 2.31. The Morgan fingerprint density at radius 2 is 1.89 bits per heavy atom. The Morgan fingerprint density at radius 1 is 1.11 bits per heavy atom. The molecule has 0 bridgehead atoms. The molecule has 0 aliphatic heterocycles. The van der Waals surface area contributed by atoms with Crippen LogP contribution >= 0.6 is 23.2 Å². The zero-order valence-corrected chi connectivity index (χ0v) is 16.0. The van der Waals surface area contributed by atoms with E-state index < -0.39 is 0 Å². The molecule has 0 fully saturated rings. The van der Waals surface area contributed by atoms with E-state index in [0.29, 0.717) is 27.1 Å². The number of halogens is 2. The normalized spacial score (nSPS) is 10.9. The molecule has 0 spiro atoms. The number of benzene rings is 2. The van der Waals surface area contributed by atoms with Crippen molar-refractivity contribution < 1.29 is 9.21 Å². The van der Waals surface area contributed by atoms with Gasteiger partial charge < -0.3 is 9.73 Å². The van der Waals surface area contributed by atoms with Crippen LogP contribution in [0.5, 0.6) is 0 Å². The van der Waals surface area contributed by atoms with E-state index in [9.17, 15) is 4.79 Å². The predicted molar refractivity (Wildman–Crippen MR) is 110 cm³/mol. The van der Waals surface area contributed by atoms with Gasteiger partial charge in [0.15, 0.2) is 0 Å². The van der Waals surface area contributed by atoms with Gasteiger partial charge in [-0.15, -0.1) is 0 Å². The number of hydrogen-bond acceptors (Lipinski definition) is 4. The summed E-state index contributed by atoms with van der Waals surface area (Å²) in [5.41, 5.74) is 5.16. The molecule has 0 aliphatic carbocycles. The zero-order valence-electron chi connectivity index (χ0n) is 14.5. The van der Waals surface area contributed by atoms with Crippen LogP contribution < -0.4 is 10.7 Å². The summed E-state index contributed by atoms with van der Waals surface area (Å²) in [6.45, 7) is 2.12. The lowest BCUT2D eigenvalue weighted by Gasteiger charge is -2.05. The molecule has 3 rings (SSSR count). The summed E-state index contributed by atoms with van der Waals surface area (Å²) in [4.78, 5) is 11.8. The Balaban J connectivity index is 1.54. The maximum absolute atomic E-state index is 11.8. The molecule has 2 aromatic carbocycles. The smallest absolute Gasteiger partial charge is 0.259 e. The van der Waals surface area contributed by atoms with E-state index in [1.54, 1.807) is 30.3 Å². The monoisotopic (exact) mass is 401 g/mol. The van der Waals surface area contributed by atoms with E-state index in [0.717, 1.165) is 11.3 Å². The van der Waals surface area contributed by atoms with Crippen molar-refractivity contribution in [2.75, 3.05) is 11.9 Å². The van der Waals surface area contributed by atoms with Gasteiger partial charge in [-0.05, 0) is 49.4 Å². The van der Waals surface area contributed by atoms with E-state index in [2.05, 4.69) is 15.8 Å². The Labute approximate surface area is 167 Å². The minimum absolute atomic E-state index is 0.113. The van der Waals surface area contributed by atoms with Gasteiger partial charge in [0.05, 0.1) is 17.8 Å². The molecule has 1 amide bonds. The molecule has 2 N–H and O–H groups in total. The fourth-order valence-electron chi connectivity index (χ4n) is 2.31. The van der Waals surface area contributed by atoms with Gasteiger partial charge in [0.2, 0.25) is 0 Å². The first-order valence-electron chi connectivity index (χ1n) is 8.19. The largest absolute Gasteiger partial charge is 0.455 e. The maximum atomic E-state index is 11.8. The number of carbonyl (C=O) groups excluding carboxylic acids is 1. The minimum atomic E-state index is -0.267. The zero-order chi connectivity index (χ0) is 19.2. The van der Waals surface area contributed by atoms with Crippen molar-refractivity contribution in [1.82, 2.24) is 5.43 Å². The molecule has 27 heavy (non-hydrogen) atoms. The fraction of sp³-hybridized carbons (Fsp3) is 0.100. The van der Waals surface area contributed by atoms with Gasteiger partial charge in [0.1, 0.15) is 11.5 Å². The standard InChI is InChI=1S/C20H17Cl2N3O2/c1-13-2-5-15(6-3-13)23-12-20(26)25-24-11-16-7-9-19(27-16)17-10-14(21)4-8-18(17)22/h2-11,23H,12H2,1H3,(H,25,26)/b24-11-. The maximum Gasteiger partial charge on any atom is 0.259 e. The molecular weight excluding hydrogens is 385 g/mol. The number of nitrogens with zero attached hydrogens (tertiary/aromatic N) is 1. The third-order valence-electron chi connectivity index (χ3n) is 3.71. The van der Waals surface area contributed by atoms with Crippen molar-refractivity contribution in [3.05, 3.63) is 76.0 Å². The summed E-state index contributed by atoms with van der Waals surface area (Å²) in [5, 5.41) is 8.02. The number of furan rings is 1. The summed E-state index contributed by atoms with van der Waals surface area (Å²) in [7, 11) is 0. The van der Waals surface area contributed by atoms with E-state index in [1.165, 1.54) is 6.21 Å². The lowest BCUT2D eigenvalue weighted by atomic mass is 10.2. The molecule has 3 aromatic rings. The highest BCUT2D eigenvalue weighted by atomic mass is 35.5. The summed E-state index contributed by atoms with van der Waals surface area (Å²) in [5.74, 6) is 0.778. The molecule has 0 aliphatic rings. The molecule has 0 saturated carbocycles. The first-order valence-corrected chi connectivity index (χ1v) is 8.94. The van der Waals surface area contributed by atoms with Crippen LogP contribution in [-0.2, 0) is 4.79 Å². The second-order valence-electron chi connectivity index (χ2n) is 5.84. The lowest BCUT2D eigenvalue weighted by molar-refractivity contribution is -0.119. The molecule has 0 unspecified atom stereocenters. The molecule has 0 radical (unpaired) electrons. The van der Waals surface area contributed by atoms with Crippen molar-refractivity contribution in [1.29, 1.82) is 0 Å². The Kier molecular flexibility index (Phi) is 6.16. The second kappa shape index (κ2) is 8.75. The molecule has 7 heteroatoms. The molecule has 1 aromatic heterocycles. The fourth-order valence-corrected chi connectivity index (χ4v) is 2.70. The van der Waals surface area contributed by atoms with Crippen molar-refractivity contribution in [3.63, 3.8) is 0 Å². The third-order valence-corrected chi connectivity index (χ3v) is 4.27. The SMILES string of the molecule is Cc1ccc(NCC(=O)N/N=C\c2ccc(-c3cc(Cl)ccc3Cl)o2)cc1. The van der Waals surface area contributed by atoms with Gasteiger partial charge in [-0.1, -0.05) is 40.9 Å². The molecule has 138 valence electrons. The van der Waals surface area contributed by atoms with Crippen LogP contribution in [0.25, 0.3) is 11.3 Å². The lowest BCUT2D eigenvalue weighted by Crippen LogP contribution is -2.25. The van der Waals surface area contributed by atoms with Gasteiger partial charge in [-0.25, -0.2) is 5.43 Å². The van der Waals surface area contributed by atoms with Crippen molar-refractivity contribution in [2.24, 2.45) is 5.10 Å². The number of carbonyl (C=O) groups is 1. The van der Waals surface area contributed by atoms with Crippen LogP contribution in [0.1, 0.15) is 11.3 Å². The van der Waals surface area contributed by atoms with E-state index in [1.807, 2.05) is 31.2 Å². The van der Waals surface area contributed by atoms with Gasteiger partial charge in [0.25, 0.3) is 5.91 Å². The van der Waals surface area contributed by atoms with Crippen molar-refractivity contribution >= 4 is 41.0 Å².